The third-order valence-electron chi connectivity index (χ3n) is 5.16. The summed E-state index contributed by atoms with van der Waals surface area (Å²) in [5.41, 5.74) is 0. The number of carbonyl (C=O) groups excluding carboxylic acids is 2. The number of nitrogens with zero attached hydrogens (tertiary/aromatic N) is 2. The molecule has 0 aromatic heterocycles. The molecule has 2 amide bonds. The van der Waals surface area contributed by atoms with Gasteiger partial charge >= 0.3 is 0 Å². The largest absolute Gasteiger partial charge is 0.493 e. The van der Waals surface area contributed by atoms with E-state index in [1.54, 1.807) is 12.1 Å². The molecule has 2 saturated heterocycles. The number of benzene rings is 1. The Morgan fingerprint density at radius 3 is 2.73 bits per heavy atom. The van der Waals surface area contributed by atoms with Crippen molar-refractivity contribution in [1.82, 2.24) is 9.80 Å². The van der Waals surface area contributed by atoms with Crippen molar-refractivity contribution in [3.05, 3.63) is 30.1 Å². The summed E-state index contributed by atoms with van der Waals surface area (Å²) in [4.78, 5) is 27.8. The van der Waals surface area contributed by atoms with Crippen molar-refractivity contribution in [1.29, 1.82) is 0 Å². The second-order valence-corrected chi connectivity index (χ2v) is 7.20. The van der Waals surface area contributed by atoms with Crippen molar-refractivity contribution < 1.29 is 18.7 Å². The molecule has 3 rings (SSSR count). The van der Waals surface area contributed by atoms with Gasteiger partial charge in [-0.1, -0.05) is 0 Å². The van der Waals surface area contributed by atoms with Gasteiger partial charge in [0, 0.05) is 44.9 Å². The third kappa shape index (κ3) is 5.19. The number of hydrogen-bond donors (Lipinski definition) is 0. The fourth-order valence-corrected chi connectivity index (χ4v) is 3.69. The fraction of sp³-hybridized carbons (Fsp3) is 0.600. The van der Waals surface area contributed by atoms with E-state index in [4.69, 9.17) is 4.74 Å². The molecule has 0 bridgehead atoms. The SMILES string of the molecule is O=C1CCCN1CCCC(=O)N1CCC[C@H](COc2ccc(F)cc2)C1. The normalized spacial score (nSPS) is 20.5. The summed E-state index contributed by atoms with van der Waals surface area (Å²) < 4.78 is 18.7. The Morgan fingerprint density at radius 1 is 1.19 bits per heavy atom. The van der Waals surface area contributed by atoms with Crippen molar-refractivity contribution >= 4 is 11.8 Å². The molecule has 2 fully saturated rings. The van der Waals surface area contributed by atoms with Gasteiger partial charge in [-0.05, 0) is 49.9 Å². The van der Waals surface area contributed by atoms with Gasteiger partial charge in [-0.25, -0.2) is 4.39 Å². The molecule has 0 radical (unpaired) electrons. The highest BCUT2D eigenvalue weighted by atomic mass is 19.1. The van der Waals surface area contributed by atoms with Crippen LogP contribution < -0.4 is 4.74 Å². The third-order valence-corrected chi connectivity index (χ3v) is 5.16. The molecule has 6 heteroatoms. The van der Waals surface area contributed by atoms with Gasteiger partial charge in [0.05, 0.1) is 6.61 Å². The second-order valence-electron chi connectivity index (χ2n) is 7.20. The zero-order chi connectivity index (χ0) is 18.4. The molecule has 2 aliphatic heterocycles. The fourth-order valence-electron chi connectivity index (χ4n) is 3.69. The second kappa shape index (κ2) is 9.01. The molecule has 1 atom stereocenters. The van der Waals surface area contributed by atoms with E-state index >= 15 is 0 Å². The van der Waals surface area contributed by atoms with Crippen LogP contribution in [-0.2, 0) is 9.59 Å². The van der Waals surface area contributed by atoms with Crippen LogP contribution in [0.3, 0.4) is 0 Å². The number of carbonyl (C=O) groups is 2. The molecule has 5 nitrogen and oxygen atoms in total. The number of hydrogen-bond acceptors (Lipinski definition) is 3. The molecule has 0 spiro atoms. The number of piperidine rings is 1. The highest BCUT2D eigenvalue weighted by molar-refractivity contribution is 5.78. The van der Waals surface area contributed by atoms with Crippen molar-refractivity contribution in [3.63, 3.8) is 0 Å². The highest BCUT2D eigenvalue weighted by Gasteiger charge is 2.25. The van der Waals surface area contributed by atoms with Crippen LogP contribution in [0.1, 0.15) is 38.5 Å². The molecular weight excluding hydrogens is 335 g/mol. The van der Waals surface area contributed by atoms with Crippen LogP contribution in [0.5, 0.6) is 5.75 Å². The predicted octanol–water partition coefficient (Wildman–Crippen LogP) is 2.85. The first-order valence-corrected chi connectivity index (χ1v) is 9.56. The Balaban J connectivity index is 1.38. The average molecular weight is 362 g/mol. The Hall–Kier alpha value is -2.11. The maximum Gasteiger partial charge on any atom is 0.222 e. The zero-order valence-corrected chi connectivity index (χ0v) is 15.2. The van der Waals surface area contributed by atoms with Gasteiger partial charge in [-0.3, -0.25) is 9.59 Å². The monoisotopic (exact) mass is 362 g/mol. The van der Waals surface area contributed by atoms with E-state index in [0.29, 0.717) is 44.2 Å². The van der Waals surface area contributed by atoms with Crippen LogP contribution in [0, 0.1) is 11.7 Å². The lowest BCUT2D eigenvalue weighted by Crippen LogP contribution is -2.41. The van der Waals surface area contributed by atoms with E-state index in [0.717, 1.165) is 38.8 Å². The number of halogens is 1. The molecule has 0 aliphatic carbocycles. The van der Waals surface area contributed by atoms with Crippen molar-refractivity contribution in [2.45, 2.75) is 38.5 Å². The topological polar surface area (TPSA) is 49.9 Å². The van der Waals surface area contributed by atoms with Gasteiger partial charge in [-0.15, -0.1) is 0 Å². The number of rotatable bonds is 7. The Bertz CT molecular complexity index is 620. The molecule has 142 valence electrons. The zero-order valence-electron chi connectivity index (χ0n) is 15.2. The van der Waals surface area contributed by atoms with Crippen LogP contribution in [0.2, 0.25) is 0 Å². The minimum atomic E-state index is -0.276. The first-order chi connectivity index (χ1) is 12.6. The molecule has 26 heavy (non-hydrogen) atoms. The molecular formula is C20H27FN2O3. The van der Waals surface area contributed by atoms with Gasteiger partial charge in [0.15, 0.2) is 0 Å². The summed E-state index contributed by atoms with van der Waals surface area (Å²) in [6.07, 6.45) is 4.83. The predicted molar refractivity (Wildman–Crippen MR) is 96.2 cm³/mol. The smallest absolute Gasteiger partial charge is 0.222 e. The Kier molecular flexibility index (Phi) is 6.47. The van der Waals surface area contributed by atoms with Crippen LogP contribution in [-0.4, -0.2) is 54.4 Å². The molecule has 1 aromatic rings. The van der Waals surface area contributed by atoms with E-state index in [1.165, 1.54) is 12.1 Å². The summed E-state index contributed by atoms with van der Waals surface area (Å²) in [7, 11) is 0. The molecule has 2 aliphatic rings. The van der Waals surface area contributed by atoms with Gasteiger partial charge in [-0.2, -0.15) is 0 Å². The summed E-state index contributed by atoms with van der Waals surface area (Å²) in [5, 5.41) is 0. The lowest BCUT2D eigenvalue weighted by Gasteiger charge is -2.33. The van der Waals surface area contributed by atoms with E-state index in [1.807, 2.05) is 9.80 Å². The molecule has 0 unspecified atom stereocenters. The van der Waals surface area contributed by atoms with E-state index < -0.39 is 0 Å². The summed E-state index contributed by atoms with van der Waals surface area (Å²) in [6, 6.07) is 6.02. The van der Waals surface area contributed by atoms with Gasteiger partial charge in [0.1, 0.15) is 11.6 Å². The standard InChI is InChI=1S/C20H27FN2O3/c21-17-7-9-18(10-8-17)26-15-16-4-1-13-23(14-16)20(25)6-3-12-22-11-2-5-19(22)24/h7-10,16H,1-6,11-15H2/t16-/m0/s1. The average Bonchev–Trinajstić information content (AvgIpc) is 3.06. The van der Waals surface area contributed by atoms with E-state index in [2.05, 4.69) is 0 Å². The Labute approximate surface area is 154 Å². The molecule has 2 heterocycles. The van der Waals surface area contributed by atoms with Crippen LogP contribution in [0.4, 0.5) is 4.39 Å². The summed E-state index contributed by atoms with van der Waals surface area (Å²) >= 11 is 0. The maximum absolute atomic E-state index is 12.9. The quantitative estimate of drug-likeness (QED) is 0.749. The van der Waals surface area contributed by atoms with E-state index in [-0.39, 0.29) is 17.6 Å². The lowest BCUT2D eigenvalue weighted by molar-refractivity contribution is -0.134. The van der Waals surface area contributed by atoms with Crippen LogP contribution in [0.15, 0.2) is 24.3 Å². The minimum Gasteiger partial charge on any atom is -0.493 e. The molecule has 0 saturated carbocycles. The highest BCUT2D eigenvalue weighted by Crippen LogP contribution is 2.20. The Morgan fingerprint density at radius 2 is 2.00 bits per heavy atom. The van der Waals surface area contributed by atoms with Crippen LogP contribution in [0.25, 0.3) is 0 Å². The number of likely N-dealkylation sites (tertiary alicyclic amines) is 2. The van der Waals surface area contributed by atoms with Gasteiger partial charge < -0.3 is 14.5 Å². The number of amides is 2. The summed E-state index contributed by atoms with van der Waals surface area (Å²) in [6.45, 7) is 3.57. The van der Waals surface area contributed by atoms with Gasteiger partial charge in [0.25, 0.3) is 0 Å². The van der Waals surface area contributed by atoms with Crippen molar-refractivity contribution in [3.8, 4) is 5.75 Å². The first-order valence-electron chi connectivity index (χ1n) is 9.56. The minimum absolute atomic E-state index is 0.170. The maximum atomic E-state index is 12.9. The van der Waals surface area contributed by atoms with E-state index in [9.17, 15) is 14.0 Å². The molecule has 0 N–H and O–H groups in total. The van der Waals surface area contributed by atoms with Gasteiger partial charge in [0.2, 0.25) is 11.8 Å². The van der Waals surface area contributed by atoms with Crippen LogP contribution >= 0.6 is 0 Å². The van der Waals surface area contributed by atoms with Crippen molar-refractivity contribution in [2.24, 2.45) is 5.92 Å². The lowest BCUT2D eigenvalue weighted by atomic mass is 9.98. The first kappa shape index (κ1) is 18.7. The number of ether oxygens (including phenoxy) is 1. The molecule has 1 aromatic carbocycles. The summed E-state index contributed by atoms with van der Waals surface area (Å²) in [5.74, 6) is 1.07. The van der Waals surface area contributed by atoms with Crippen molar-refractivity contribution in [2.75, 3.05) is 32.8 Å².